The maximum atomic E-state index is 12.7. The number of anilines is 3. The lowest BCUT2D eigenvalue weighted by atomic mass is 9.87. The normalized spacial score (nSPS) is 15.0. The number of aliphatic hydroxyl groups is 1. The molecule has 0 unspecified atom stereocenters. The minimum atomic E-state index is -0.424. The lowest BCUT2D eigenvalue weighted by Gasteiger charge is -2.32. The summed E-state index contributed by atoms with van der Waals surface area (Å²) in [5, 5.41) is 27.8. The van der Waals surface area contributed by atoms with Crippen LogP contribution in [0.2, 0.25) is 0 Å². The van der Waals surface area contributed by atoms with Gasteiger partial charge in [0.15, 0.2) is 0 Å². The number of aromatic nitrogens is 4. The predicted molar refractivity (Wildman–Crippen MR) is 140 cm³/mol. The molecule has 0 radical (unpaired) electrons. The number of amides is 1. The molecule has 3 heterocycles. The molecule has 5 rings (SSSR count). The Labute approximate surface area is 214 Å². The Morgan fingerprint density at radius 2 is 1.95 bits per heavy atom. The fraction of sp³-hybridized carbons (Fsp3) is 0.296. The third-order valence-electron chi connectivity index (χ3n) is 6.18. The number of hydrogen-bond donors (Lipinski definition) is 4. The quantitative estimate of drug-likeness (QED) is 0.283. The first-order chi connectivity index (χ1) is 17.8. The number of nitrogens with zero attached hydrogens (tertiary/aromatic N) is 4. The van der Waals surface area contributed by atoms with Gasteiger partial charge < -0.3 is 25.5 Å². The Bertz CT molecular complexity index is 1420. The smallest absolute Gasteiger partial charge is 0.253 e. The Hall–Kier alpha value is -4.31. The summed E-state index contributed by atoms with van der Waals surface area (Å²) < 4.78 is 5.76. The van der Waals surface area contributed by atoms with E-state index >= 15 is 0 Å². The van der Waals surface area contributed by atoms with Crippen molar-refractivity contribution in [2.45, 2.75) is 45.2 Å². The minimum Gasteiger partial charge on any atom is -0.421 e. The summed E-state index contributed by atoms with van der Waals surface area (Å²) in [6, 6.07) is 14.8. The average molecular weight is 500 g/mol. The molecule has 10 heteroatoms. The van der Waals surface area contributed by atoms with Gasteiger partial charge in [0, 0.05) is 29.4 Å². The van der Waals surface area contributed by atoms with E-state index in [1.807, 2.05) is 63.2 Å². The number of aliphatic hydroxyl groups excluding tert-OH is 1. The van der Waals surface area contributed by atoms with Gasteiger partial charge in [-0.3, -0.25) is 4.79 Å². The molecule has 1 aliphatic rings. The zero-order valence-electron chi connectivity index (χ0n) is 20.9. The monoisotopic (exact) mass is 499 g/mol. The molecule has 0 bridgehead atoms. The van der Waals surface area contributed by atoms with Crippen molar-refractivity contribution >= 4 is 23.4 Å². The van der Waals surface area contributed by atoms with Gasteiger partial charge in [0.1, 0.15) is 5.82 Å². The van der Waals surface area contributed by atoms with Crippen LogP contribution in [0.4, 0.5) is 17.5 Å². The van der Waals surface area contributed by atoms with Crippen LogP contribution in [-0.4, -0.2) is 43.3 Å². The van der Waals surface area contributed by atoms with Crippen LogP contribution in [-0.2, 0) is 12.8 Å². The average Bonchev–Trinajstić information content (AvgIpc) is 3.37. The van der Waals surface area contributed by atoms with Gasteiger partial charge in [-0.15, -0.1) is 10.2 Å². The van der Waals surface area contributed by atoms with Gasteiger partial charge in [0.2, 0.25) is 11.8 Å². The largest absolute Gasteiger partial charge is 0.421 e. The third-order valence-corrected chi connectivity index (χ3v) is 6.18. The molecule has 0 saturated heterocycles. The first-order valence-electron chi connectivity index (χ1n) is 12.2. The van der Waals surface area contributed by atoms with E-state index in [4.69, 9.17) is 4.42 Å². The molecular weight excluding hydrogens is 470 g/mol. The second kappa shape index (κ2) is 9.98. The number of rotatable bonds is 8. The molecule has 10 nitrogen and oxygen atoms in total. The van der Waals surface area contributed by atoms with Crippen LogP contribution in [0.15, 0.2) is 59.1 Å². The van der Waals surface area contributed by atoms with Crippen LogP contribution in [0.5, 0.6) is 0 Å². The molecule has 0 spiro atoms. The Kier molecular flexibility index (Phi) is 6.58. The summed E-state index contributed by atoms with van der Waals surface area (Å²) in [6.07, 6.45) is 2.94. The first kappa shape index (κ1) is 24.4. The maximum Gasteiger partial charge on any atom is 0.253 e. The summed E-state index contributed by atoms with van der Waals surface area (Å²) in [5.74, 6) is 1.40. The highest BCUT2D eigenvalue weighted by Gasteiger charge is 2.30. The minimum absolute atomic E-state index is 0.106. The SMILES string of the molecule is CCc1nnc(-c2cnc(Nc3ccc4c(c3)C(=O)NC(C)(C)C4)nc2N[C@H](CO)c2ccccc2)o1. The van der Waals surface area contributed by atoms with E-state index in [-0.39, 0.29) is 23.9 Å². The van der Waals surface area contributed by atoms with Gasteiger partial charge in [0.05, 0.1) is 18.2 Å². The van der Waals surface area contributed by atoms with Crippen molar-refractivity contribution in [3.05, 3.63) is 77.3 Å². The van der Waals surface area contributed by atoms with E-state index in [1.54, 1.807) is 12.3 Å². The van der Waals surface area contributed by atoms with Crippen molar-refractivity contribution in [2.75, 3.05) is 17.2 Å². The second-order valence-electron chi connectivity index (χ2n) is 9.61. The van der Waals surface area contributed by atoms with Gasteiger partial charge >= 0.3 is 0 Å². The Morgan fingerprint density at radius 3 is 2.68 bits per heavy atom. The van der Waals surface area contributed by atoms with Crippen molar-refractivity contribution in [1.82, 2.24) is 25.5 Å². The summed E-state index contributed by atoms with van der Waals surface area (Å²) in [4.78, 5) is 21.8. The third kappa shape index (κ3) is 5.29. The van der Waals surface area contributed by atoms with Gasteiger partial charge in [-0.1, -0.05) is 43.3 Å². The second-order valence-corrected chi connectivity index (χ2v) is 9.61. The molecule has 4 aromatic rings. The molecule has 190 valence electrons. The van der Waals surface area contributed by atoms with Crippen molar-refractivity contribution in [3.63, 3.8) is 0 Å². The van der Waals surface area contributed by atoms with Crippen molar-refractivity contribution in [3.8, 4) is 11.5 Å². The molecule has 37 heavy (non-hydrogen) atoms. The van der Waals surface area contributed by atoms with E-state index in [1.165, 1.54) is 0 Å². The number of fused-ring (bicyclic) bond motifs is 1. The predicted octanol–water partition coefficient (Wildman–Crippen LogP) is 4.04. The molecule has 0 saturated carbocycles. The van der Waals surface area contributed by atoms with Crippen LogP contribution in [0.1, 0.15) is 54.2 Å². The zero-order chi connectivity index (χ0) is 26.0. The maximum absolute atomic E-state index is 12.7. The number of benzene rings is 2. The summed E-state index contributed by atoms with van der Waals surface area (Å²) in [6.45, 7) is 5.78. The van der Waals surface area contributed by atoms with Crippen LogP contribution in [0.25, 0.3) is 11.5 Å². The molecule has 0 aliphatic carbocycles. The van der Waals surface area contributed by atoms with Crippen molar-refractivity contribution in [2.24, 2.45) is 0 Å². The topological polar surface area (TPSA) is 138 Å². The first-order valence-corrected chi connectivity index (χ1v) is 12.2. The van der Waals surface area contributed by atoms with E-state index in [9.17, 15) is 9.90 Å². The van der Waals surface area contributed by atoms with Gasteiger partial charge in [-0.25, -0.2) is 4.98 Å². The number of nitrogens with one attached hydrogen (secondary N) is 3. The molecule has 4 N–H and O–H groups in total. The molecule has 0 fully saturated rings. The Morgan fingerprint density at radius 1 is 1.14 bits per heavy atom. The summed E-state index contributed by atoms with van der Waals surface area (Å²) >= 11 is 0. The number of carbonyl (C=O) groups excluding carboxylic acids is 1. The van der Waals surface area contributed by atoms with E-state index < -0.39 is 6.04 Å². The van der Waals surface area contributed by atoms with Gasteiger partial charge in [-0.2, -0.15) is 4.98 Å². The van der Waals surface area contributed by atoms with Gasteiger partial charge in [0.25, 0.3) is 11.8 Å². The summed E-state index contributed by atoms with van der Waals surface area (Å²) in [5.41, 5.74) is 3.43. The lowest BCUT2D eigenvalue weighted by Crippen LogP contribution is -2.49. The van der Waals surface area contributed by atoms with Crippen LogP contribution < -0.4 is 16.0 Å². The van der Waals surface area contributed by atoms with E-state index in [0.29, 0.717) is 40.9 Å². The lowest BCUT2D eigenvalue weighted by molar-refractivity contribution is 0.0897. The van der Waals surface area contributed by atoms with Crippen LogP contribution >= 0.6 is 0 Å². The molecule has 1 amide bonds. The standard InChI is InChI=1S/C27H29N7O3/c1-4-22-33-34-25(37-22)20-14-28-26(31-23(20)30-21(15-35)16-8-6-5-7-9-16)29-18-11-10-17-13-27(2,3)32-24(36)19(17)12-18/h5-12,14,21,35H,4,13,15H2,1-3H3,(H,32,36)(H2,28,29,30,31)/t21-/m1/s1. The Balaban J connectivity index is 1.48. The molecular formula is C27H29N7O3. The highest BCUT2D eigenvalue weighted by atomic mass is 16.4. The van der Waals surface area contributed by atoms with Gasteiger partial charge in [-0.05, 0) is 43.5 Å². The van der Waals surface area contributed by atoms with Crippen LogP contribution in [0, 0.1) is 0 Å². The van der Waals surface area contributed by atoms with Crippen molar-refractivity contribution in [1.29, 1.82) is 0 Å². The number of hydrogen-bond acceptors (Lipinski definition) is 9. The highest BCUT2D eigenvalue weighted by Crippen LogP contribution is 2.31. The zero-order valence-corrected chi connectivity index (χ0v) is 20.9. The summed E-state index contributed by atoms with van der Waals surface area (Å²) in [7, 11) is 0. The molecule has 2 aromatic heterocycles. The molecule has 1 atom stereocenters. The molecule has 1 aliphatic heterocycles. The fourth-order valence-electron chi connectivity index (χ4n) is 4.34. The van der Waals surface area contributed by atoms with E-state index in [0.717, 1.165) is 17.5 Å². The van der Waals surface area contributed by atoms with Crippen LogP contribution in [0.3, 0.4) is 0 Å². The fourth-order valence-corrected chi connectivity index (χ4v) is 4.34. The van der Waals surface area contributed by atoms with Crippen molar-refractivity contribution < 1.29 is 14.3 Å². The molecule has 2 aromatic carbocycles. The highest BCUT2D eigenvalue weighted by molar-refractivity contribution is 5.98. The van der Waals surface area contributed by atoms with E-state index in [2.05, 4.69) is 36.1 Å². The number of carbonyl (C=O) groups is 1. The number of aryl methyl sites for hydroxylation is 1.